The Morgan fingerprint density at radius 2 is 1.74 bits per heavy atom. The fourth-order valence-corrected chi connectivity index (χ4v) is 2.01. The Morgan fingerprint density at radius 3 is 2.35 bits per heavy atom. The first-order valence-corrected chi connectivity index (χ1v) is 6.91. The molecule has 1 atom stereocenters. The Balaban J connectivity index is 2.20. The van der Waals surface area contributed by atoms with Gasteiger partial charge in [0.15, 0.2) is 0 Å². The average molecular weight is 326 g/mol. The van der Waals surface area contributed by atoms with Gasteiger partial charge in [-0.1, -0.05) is 30.3 Å². The molecule has 7 heteroatoms. The summed E-state index contributed by atoms with van der Waals surface area (Å²) in [5.41, 5.74) is 12.7. The number of ether oxygens (including phenoxy) is 2. The van der Waals surface area contributed by atoms with Crippen LogP contribution in [0.5, 0.6) is 11.5 Å². The summed E-state index contributed by atoms with van der Waals surface area (Å²) in [6.45, 7) is 0.335. The Bertz CT molecular complexity index is 633. The van der Waals surface area contributed by atoms with Crippen molar-refractivity contribution in [3.63, 3.8) is 0 Å². The Hall–Kier alpha value is -2.25. The lowest BCUT2D eigenvalue weighted by atomic mass is 10.1. The van der Waals surface area contributed by atoms with Crippen molar-refractivity contribution in [3.8, 4) is 11.5 Å². The average Bonchev–Trinajstić information content (AvgIpc) is 2.52. The summed E-state index contributed by atoms with van der Waals surface area (Å²) in [7, 11) is 0. The molecule has 0 bridgehead atoms. The number of nitrogens with two attached hydrogens (primary N) is 2. The number of benzene rings is 2. The van der Waals surface area contributed by atoms with Crippen LogP contribution in [-0.4, -0.2) is 12.9 Å². The summed E-state index contributed by atoms with van der Waals surface area (Å²) in [6, 6.07) is 12.5. The molecule has 0 heterocycles. The van der Waals surface area contributed by atoms with Crippen LogP contribution in [0.25, 0.3) is 0 Å². The van der Waals surface area contributed by atoms with Crippen LogP contribution in [0.3, 0.4) is 0 Å². The highest BCUT2D eigenvalue weighted by molar-refractivity contribution is 5.42. The second-order valence-electron chi connectivity index (χ2n) is 4.86. The molecular weight excluding hydrogens is 309 g/mol. The second kappa shape index (κ2) is 7.34. The van der Waals surface area contributed by atoms with Crippen LogP contribution in [0.4, 0.5) is 13.2 Å². The zero-order chi connectivity index (χ0) is 16.9. The molecule has 4 N–H and O–H groups in total. The molecule has 0 saturated heterocycles. The van der Waals surface area contributed by atoms with E-state index in [9.17, 15) is 13.2 Å². The van der Waals surface area contributed by atoms with Crippen LogP contribution in [0.1, 0.15) is 17.2 Å². The molecule has 1 unspecified atom stereocenters. The summed E-state index contributed by atoms with van der Waals surface area (Å²) in [5, 5.41) is 0. The van der Waals surface area contributed by atoms with Crippen molar-refractivity contribution in [2.75, 3.05) is 6.54 Å². The van der Waals surface area contributed by atoms with Crippen LogP contribution in [0, 0.1) is 0 Å². The van der Waals surface area contributed by atoms with Crippen molar-refractivity contribution in [1.82, 2.24) is 0 Å². The van der Waals surface area contributed by atoms with E-state index in [1.54, 1.807) is 0 Å². The third kappa shape index (κ3) is 5.15. The van der Waals surface area contributed by atoms with E-state index in [-0.39, 0.29) is 18.9 Å². The van der Waals surface area contributed by atoms with Crippen LogP contribution >= 0.6 is 0 Å². The summed E-state index contributed by atoms with van der Waals surface area (Å²) >= 11 is 0. The Kier molecular flexibility index (Phi) is 5.46. The van der Waals surface area contributed by atoms with Crippen molar-refractivity contribution in [2.24, 2.45) is 11.5 Å². The maximum atomic E-state index is 12.3. The summed E-state index contributed by atoms with van der Waals surface area (Å²) in [6.07, 6.45) is -4.77. The van der Waals surface area contributed by atoms with Gasteiger partial charge in [0.25, 0.3) is 0 Å². The fraction of sp³-hybridized carbons (Fsp3) is 0.250. The van der Waals surface area contributed by atoms with E-state index < -0.39 is 12.4 Å². The molecule has 2 aromatic rings. The highest BCUT2D eigenvalue weighted by Gasteiger charge is 2.31. The molecule has 4 nitrogen and oxygen atoms in total. The number of alkyl halides is 3. The van der Waals surface area contributed by atoms with E-state index in [0.717, 1.165) is 5.56 Å². The van der Waals surface area contributed by atoms with Gasteiger partial charge in [-0.15, -0.1) is 13.2 Å². The first kappa shape index (κ1) is 17.1. The fourth-order valence-electron chi connectivity index (χ4n) is 2.01. The zero-order valence-electron chi connectivity index (χ0n) is 12.2. The largest absolute Gasteiger partial charge is 0.573 e. The van der Waals surface area contributed by atoms with Crippen molar-refractivity contribution in [1.29, 1.82) is 0 Å². The number of rotatable bonds is 6. The van der Waals surface area contributed by atoms with Gasteiger partial charge in [-0.3, -0.25) is 0 Å². The van der Waals surface area contributed by atoms with Crippen LogP contribution in [0.2, 0.25) is 0 Å². The van der Waals surface area contributed by atoms with Gasteiger partial charge in [-0.2, -0.15) is 0 Å². The lowest BCUT2D eigenvalue weighted by Crippen LogP contribution is -2.22. The van der Waals surface area contributed by atoms with E-state index >= 15 is 0 Å². The predicted molar refractivity (Wildman–Crippen MR) is 79.9 cm³/mol. The van der Waals surface area contributed by atoms with Crippen LogP contribution in [-0.2, 0) is 6.61 Å². The normalized spacial score (nSPS) is 12.7. The molecule has 0 aliphatic rings. The summed E-state index contributed by atoms with van der Waals surface area (Å²) < 4.78 is 46.5. The molecule has 0 spiro atoms. The van der Waals surface area contributed by atoms with Gasteiger partial charge >= 0.3 is 6.36 Å². The van der Waals surface area contributed by atoms with E-state index in [2.05, 4.69) is 4.74 Å². The van der Waals surface area contributed by atoms with Gasteiger partial charge in [-0.25, -0.2) is 0 Å². The molecule has 0 saturated carbocycles. The molecule has 0 aromatic heterocycles. The number of hydrogen-bond donors (Lipinski definition) is 2. The van der Waals surface area contributed by atoms with Gasteiger partial charge < -0.3 is 20.9 Å². The van der Waals surface area contributed by atoms with E-state index in [4.69, 9.17) is 16.2 Å². The van der Waals surface area contributed by atoms with Crippen molar-refractivity contribution < 1.29 is 22.6 Å². The minimum Gasteiger partial charge on any atom is -0.489 e. The predicted octanol–water partition coefficient (Wildman–Crippen LogP) is 3.12. The quantitative estimate of drug-likeness (QED) is 0.856. The van der Waals surface area contributed by atoms with Crippen molar-refractivity contribution >= 4 is 0 Å². The molecule has 0 aliphatic heterocycles. The van der Waals surface area contributed by atoms with Crippen LogP contribution in [0.15, 0.2) is 48.5 Å². The molecule has 124 valence electrons. The van der Waals surface area contributed by atoms with Gasteiger partial charge in [0.1, 0.15) is 18.1 Å². The second-order valence-corrected chi connectivity index (χ2v) is 4.86. The maximum Gasteiger partial charge on any atom is 0.573 e. The Morgan fingerprint density at radius 1 is 1.04 bits per heavy atom. The third-order valence-electron chi connectivity index (χ3n) is 3.11. The minimum absolute atomic E-state index is 0.0666. The molecule has 0 amide bonds. The summed E-state index contributed by atoms with van der Waals surface area (Å²) in [4.78, 5) is 0. The zero-order valence-corrected chi connectivity index (χ0v) is 12.2. The first-order chi connectivity index (χ1) is 10.9. The lowest BCUT2D eigenvalue weighted by Gasteiger charge is -2.18. The van der Waals surface area contributed by atoms with Gasteiger partial charge in [-0.05, 0) is 23.8 Å². The van der Waals surface area contributed by atoms with Gasteiger partial charge in [0.2, 0.25) is 0 Å². The van der Waals surface area contributed by atoms with Gasteiger partial charge in [0.05, 0.1) is 0 Å². The lowest BCUT2D eigenvalue weighted by molar-refractivity contribution is -0.274. The molecule has 23 heavy (non-hydrogen) atoms. The number of halogens is 3. The molecular formula is C16H17F3N2O2. The topological polar surface area (TPSA) is 70.5 Å². The van der Waals surface area contributed by atoms with Crippen molar-refractivity contribution in [3.05, 3.63) is 59.7 Å². The molecule has 2 rings (SSSR count). The monoisotopic (exact) mass is 326 g/mol. The van der Waals surface area contributed by atoms with E-state index in [1.807, 2.05) is 30.3 Å². The summed E-state index contributed by atoms with van der Waals surface area (Å²) in [5.74, 6) is 0.0183. The molecule has 0 fully saturated rings. The highest BCUT2D eigenvalue weighted by atomic mass is 19.4. The minimum atomic E-state index is -4.77. The van der Waals surface area contributed by atoms with E-state index in [1.165, 1.54) is 18.2 Å². The molecule has 0 aliphatic carbocycles. The first-order valence-electron chi connectivity index (χ1n) is 6.91. The molecule has 0 radical (unpaired) electrons. The number of hydrogen-bond acceptors (Lipinski definition) is 4. The standard InChI is InChI=1S/C16H17F3N2O2/c17-16(18,19)23-12-6-7-15(13(8-12)14(21)9-20)22-10-11-4-2-1-3-5-11/h1-8,14H,9-10,20-21H2. The maximum absolute atomic E-state index is 12.3. The van der Waals surface area contributed by atoms with Crippen LogP contribution < -0.4 is 20.9 Å². The highest BCUT2D eigenvalue weighted by Crippen LogP contribution is 2.31. The SMILES string of the molecule is NCC(N)c1cc(OC(F)(F)F)ccc1OCc1ccccc1. The Labute approximate surface area is 131 Å². The van der Waals surface area contributed by atoms with Crippen molar-refractivity contribution in [2.45, 2.75) is 19.0 Å². The van der Waals surface area contributed by atoms with E-state index in [0.29, 0.717) is 11.3 Å². The third-order valence-corrected chi connectivity index (χ3v) is 3.11. The molecule has 2 aromatic carbocycles. The smallest absolute Gasteiger partial charge is 0.489 e. The van der Waals surface area contributed by atoms with Gasteiger partial charge in [0, 0.05) is 18.2 Å².